The lowest BCUT2D eigenvalue weighted by Gasteiger charge is -2.09. The lowest BCUT2D eigenvalue weighted by Crippen LogP contribution is -2.04. The number of benzene rings is 2. The maximum absolute atomic E-state index is 5.98. The summed E-state index contributed by atoms with van der Waals surface area (Å²) in [5.74, 6) is 0.840. The first-order valence-corrected chi connectivity index (χ1v) is 7.76. The summed E-state index contributed by atoms with van der Waals surface area (Å²) in [5.41, 5.74) is 2.20. The summed E-state index contributed by atoms with van der Waals surface area (Å²) in [6, 6.07) is 13.8. The maximum atomic E-state index is 5.98. The lowest BCUT2D eigenvalue weighted by atomic mass is 10.2. The van der Waals surface area contributed by atoms with Crippen LogP contribution in [0.1, 0.15) is 5.56 Å². The second-order valence-corrected chi connectivity index (χ2v) is 5.73. The summed E-state index contributed by atoms with van der Waals surface area (Å²) in [6.07, 6.45) is 0. The van der Waals surface area contributed by atoms with Crippen molar-refractivity contribution < 1.29 is 9.47 Å². The molecule has 0 radical (unpaired) electrons. The van der Waals surface area contributed by atoms with Gasteiger partial charge in [0.05, 0.1) is 11.6 Å². The van der Waals surface area contributed by atoms with Crippen molar-refractivity contribution in [3.05, 3.63) is 57.5 Å². The maximum Gasteiger partial charge on any atom is 0.119 e. The largest absolute Gasteiger partial charge is 0.491 e. The van der Waals surface area contributed by atoms with E-state index in [1.165, 1.54) is 0 Å². The van der Waals surface area contributed by atoms with E-state index < -0.39 is 0 Å². The fourth-order valence-corrected chi connectivity index (χ4v) is 2.31. The molecule has 0 fully saturated rings. The van der Waals surface area contributed by atoms with Crippen molar-refractivity contribution in [2.75, 3.05) is 25.6 Å². The lowest BCUT2D eigenvalue weighted by molar-refractivity contribution is 0.146. The van der Waals surface area contributed by atoms with Gasteiger partial charge in [0.2, 0.25) is 0 Å². The normalized spacial score (nSPS) is 10.4. The first kappa shape index (κ1) is 16.1. The van der Waals surface area contributed by atoms with Crippen molar-refractivity contribution in [3.63, 3.8) is 0 Å². The van der Waals surface area contributed by atoms with Crippen LogP contribution in [-0.4, -0.2) is 20.3 Å². The minimum atomic E-state index is 0.558. The summed E-state index contributed by atoms with van der Waals surface area (Å²) >= 11 is 9.40. The van der Waals surface area contributed by atoms with Gasteiger partial charge < -0.3 is 14.8 Å². The van der Waals surface area contributed by atoms with Crippen LogP contribution in [0.2, 0.25) is 5.02 Å². The predicted octanol–water partition coefficient (Wildman–Crippen LogP) is 4.74. The van der Waals surface area contributed by atoms with Crippen molar-refractivity contribution in [3.8, 4) is 5.75 Å². The average Bonchev–Trinajstić information content (AvgIpc) is 2.50. The molecular formula is C16H17BrClNO2. The Morgan fingerprint density at radius 1 is 1.10 bits per heavy atom. The molecule has 3 nitrogen and oxygen atoms in total. The number of halogens is 2. The number of anilines is 1. The number of rotatable bonds is 7. The van der Waals surface area contributed by atoms with Crippen LogP contribution >= 0.6 is 27.5 Å². The van der Waals surface area contributed by atoms with Crippen LogP contribution in [0.25, 0.3) is 0 Å². The number of nitrogens with one attached hydrogen (secondary N) is 1. The van der Waals surface area contributed by atoms with E-state index in [0.717, 1.165) is 33.0 Å². The van der Waals surface area contributed by atoms with Gasteiger partial charge in [-0.05, 0) is 57.9 Å². The smallest absolute Gasteiger partial charge is 0.119 e. The zero-order chi connectivity index (χ0) is 15.1. The molecule has 21 heavy (non-hydrogen) atoms. The minimum Gasteiger partial charge on any atom is -0.491 e. The van der Waals surface area contributed by atoms with Crippen LogP contribution in [0.3, 0.4) is 0 Å². The van der Waals surface area contributed by atoms with Crippen molar-refractivity contribution in [2.45, 2.75) is 6.54 Å². The van der Waals surface area contributed by atoms with Crippen LogP contribution in [0.4, 0.5) is 5.69 Å². The van der Waals surface area contributed by atoms with E-state index in [-0.39, 0.29) is 0 Å². The SMILES string of the molecule is COCCOc1ccc(NCc2ccc(Cl)c(Br)c2)cc1. The summed E-state index contributed by atoms with van der Waals surface area (Å²) in [4.78, 5) is 0. The first-order chi connectivity index (χ1) is 10.2. The fourth-order valence-electron chi connectivity index (χ4n) is 1.77. The van der Waals surface area contributed by atoms with E-state index in [2.05, 4.69) is 21.2 Å². The van der Waals surface area contributed by atoms with Crippen molar-refractivity contribution in [2.24, 2.45) is 0 Å². The summed E-state index contributed by atoms with van der Waals surface area (Å²) < 4.78 is 11.4. The Morgan fingerprint density at radius 2 is 1.86 bits per heavy atom. The molecule has 2 rings (SSSR count). The van der Waals surface area contributed by atoms with Gasteiger partial charge in [0.1, 0.15) is 12.4 Å². The highest BCUT2D eigenvalue weighted by molar-refractivity contribution is 9.10. The molecule has 1 N–H and O–H groups in total. The van der Waals surface area contributed by atoms with E-state index in [1.807, 2.05) is 42.5 Å². The molecular weight excluding hydrogens is 354 g/mol. The van der Waals surface area contributed by atoms with Gasteiger partial charge in [-0.25, -0.2) is 0 Å². The monoisotopic (exact) mass is 369 g/mol. The number of hydrogen-bond acceptors (Lipinski definition) is 3. The molecule has 2 aromatic carbocycles. The van der Waals surface area contributed by atoms with E-state index in [1.54, 1.807) is 7.11 Å². The predicted molar refractivity (Wildman–Crippen MR) is 90.3 cm³/mol. The molecule has 2 aromatic rings. The molecule has 5 heteroatoms. The molecule has 0 unspecified atom stereocenters. The Morgan fingerprint density at radius 3 is 2.52 bits per heavy atom. The highest BCUT2D eigenvalue weighted by Gasteiger charge is 2.00. The third-order valence-corrected chi connectivity index (χ3v) is 4.11. The van der Waals surface area contributed by atoms with Gasteiger partial charge >= 0.3 is 0 Å². The second kappa shape index (κ2) is 8.27. The third-order valence-electron chi connectivity index (χ3n) is 2.89. The third kappa shape index (κ3) is 5.23. The van der Waals surface area contributed by atoms with Crippen LogP contribution in [0.15, 0.2) is 46.9 Å². The Hall–Kier alpha value is -1.23. The zero-order valence-electron chi connectivity index (χ0n) is 11.7. The van der Waals surface area contributed by atoms with E-state index >= 15 is 0 Å². The molecule has 0 saturated heterocycles. The Kier molecular flexibility index (Phi) is 6.36. The van der Waals surface area contributed by atoms with E-state index in [9.17, 15) is 0 Å². The Labute approximate surface area is 138 Å². The standard InChI is InChI=1S/C16H17BrClNO2/c1-20-8-9-21-14-5-3-13(4-6-14)19-11-12-2-7-16(18)15(17)10-12/h2-7,10,19H,8-9,11H2,1H3. The minimum absolute atomic E-state index is 0.558. The fraction of sp³-hybridized carbons (Fsp3) is 0.250. The van der Waals surface area contributed by atoms with Gasteiger partial charge in [0.15, 0.2) is 0 Å². The highest BCUT2D eigenvalue weighted by atomic mass is 79.9. The number of methoxy groups -OCH3 is 1. The van der Waals surface area contributed by atoms with Gasteiger partial charge in [-0.2, -0.15) is 0 Å². The average molecular weight is 371 g/mol. The number of ether oxygens (including phenoxy) is 2. The Balaban J connectivity index is 1.86. The molecule has 112 valence electrons. The topological polar surface area (TPSA) is 30.5 Å². The summed E-state index contributed by atoms with van der Waals surface area (Å²) in [5, 5.41) is 4.08. The summed E-state index contributed by atoms with van der Waals surface area (Å²) in [7, 11) is 1.66. The zero-order valence-corrected chi connectivity index (χ0v) is 14.1. The number of hydrogen-bond donors (Lipinski definition) is 1. The van der Waals surface area contributed by atoms with Gasteiger partial charge in [-0.3, -0.25) is 0 Å². The van der Waals surface area contributed by atoms with Crippen LogP contribution in [-0.2, 0) is 11.3 Å². The molecule has 0 saturated carbocycles. The second-order valence-electron chi connectivity index (χ2n) is 4.47. The highest BCUT2D eigenvalue weighted by Crippen LogP contribution is 2.24. The van der Waals surface area contributed by atoms with Gasteiger partial charge in [-0.15, -0.1) is 0 Å². The van der Waals surface area contributed by atoms with Gasteiger partial charge in [0.25, 0.3) is 0 Å². The van der Waals surface area contributed by atoms with Crippen molar-refractivity contribution in [1.29, 1.82) is 0 Å². The summed E-state index contributed by atoms with van der Waals surface area (Å²) in [6.45, 7) is 1.88. The molecule has 0 amide bonds. The van der Waals surface area contributed by atoms with Crippen LogP contribution in [0.5, 0.6) is 5.75 Å². The van der Waals surface area contributed by atoms with E-state index in [0.29, 0.717) is 13.2 Å². The van der Waals surface area contributed by atoms with Crippen LogP contribution < -0.4 is 10.1 Å². The molecule has 0 aromatic heterocycles. The molecule has 0 spiro atoms. The quantitative estimate of drug-likeness (QED) is 0.714. The molecule has 0 aliphatic carbocycles. The molecule has 0 bridgehead atoms. The molecule has 0 heterocycles. The van der Waals surface area contributed by atoms with Crippen molar-refractivity contribution in [1.82, 2.24) is 0 Å². The van der Waals surface area contributed by atoms with Crippen LogP contribution in [0, 0.1) is 0 Å². The van der Waals surface area contributed by atoms with Gasteiger partial charge in [0, 0.05) is 23.8 Å². The molecule has 0 atom stereocenters. The van der Waals surface area contributed by atoms with Crippen molar-refractivity contribution >= 4 is 33.2 Å². The molecule has 0 aliphatic heterocycles. The van der Waals surface area contributed by atoms with E-state index in [4.69, 9.17) is 21.1 Å². The molecule has 0 aliphatic rings. The Bertz CT molecular complexity index is 575. The van der Waals surface area contributed by atoms with Gasteiger partial charge in [-0.1, -0.05) is 17.7 Å². The first-order valence-electron chi connectivity index (χ1n) is 6.58.